The molecule has 1 aromatic carbocycles. The van der Waals surface area contributed by atoms with E-state index in [1.807, 2.05) is 6.92 Å². The molecule has 4 nitrogen and oxygen atoms in total. The Morgan fingerprint density at radius 1 is 1.24 bits per heavy atom. The highest BCUT2D eigenvalue weighted by atomic mass is 32.2. The topological polar surface area (TPSA) is 63.6 Å². The van der Waals surface area contributed by atoms with Crippen molar-refractivity contribution in [1.29, 1.82) is 0 Å². The third kappa shape index (κ3) is 3.64. The van der Waals surface area contributed by atoms with Crippen LogP contribution in [0.15, 0.2) is 29.2 Å². The fraction of sp³-hybridized carbons (Fsp3) is 0.700. The molecule has 25 heavy (non-hydrogen) atoms. The molecule has 0 radical (unpaired) electrons. The van der Waals surface area contributed by atoms with Gasteiger partial charge < -0.3 is 5.11 Å². The Kier molecular flexibility index (Phi) is 5.29. The molecule has 0 aliphatic heterocycles. The van der Waals surface area contributed by atoms with E-state index in [4.69, 9.17) is 4.18 Å². The average Bonchev–Trinajstić information content (AvgIpc) is 2.92. The summed E-state index contributed by atoms with van der Waals surface area (Å²) in [5.74, 6) is 0.906. The fourth-order valence-electron chi connectivity index (χ4n) is 5.21. The lowest BCUT2D eigenvalue weighted by molar-refractivity contribution is -0.0307. The van der Waals surface area contributed by atoms with Gasteiger partial charge in [-0.1, -0.05) is 38.0 Å². The minimum atomic E-state index is -3.71. The van der Waals surface area contributed by atoms with Crippen molar-refractivity contribution < 1.29 is 17.7 Å². The summed E-state index contributed by atoms with van der Waals surface area (Å²) >= 11 is 0. The maximum Gasteiger partial charge on any atom is 0.296 e. The van der Waals surface area contributed by atoms with Gasteiger partial charge in [0.25, 0.3) is 10.1 Å². The number of aliphatic hydroxyl groups is 1. The SMILES string of the molecule is Cc1ccc(S(=O)(=O)OC[C@H](C)[C@H]2CC[C@@H]3C(O)CCC[C@@]32C)cc1. The smallest absolute Gasteiger partial charge is 0.296 e. The van der Waals surface area contributed by atoms with Crippen LogP contribution in [0.1, 0.15) is 51.5 Å². The van der Waals surface area contributed by atoms with Gasteiger partial charge in [-0.3, -0.25) is 4.18 Å². The van der Waals surface area contributed by atoms with Gasteiger partial charge in [0.15, 0.2) is 0 Å². The van der Waals surface area contributed by atoms with E-state index in [0.29, 0.717) is 11.8 Å². The Labute approximate surface area is 151 Å². The first kappa shape index (κ1) is 18.9. The molecule has 3 rings (SSSR count). The third-order valence-corrected chi connectivity index (χ3v) is 7.94. The summed E-state index contributed by atoms with van der Waals surface area (Å²) in [6.07, 6.45) is 4.96. The van der Waals surface area contributed by atoms with Gasteiger partial charge in [-0.15, -0.1) is 0 Å². The summed E-state index contributed by atoms with van der Waals surface area (Å²) in [6.45, 7) is 6.50. The normalized spacial score (nSPS) is 33.8. The molecule has 0 bridgehead atoms. The number of aliphatic hydroxyl groups excluding tert-OH is 1. The van der Waals surface area contributed by atoms with Crippen LogP contribution in [-0.4, -0.2) is 26.2 Å². The predicted molar refractivity (Wildman–Crippen MR) is 97.7 cm³/mol. The Balaban J connectivity index is 1.66. The number of rotatable bonds is 5. The van der Waals surface area contributed by atoms with Crippen LogP contribution >= 0.6 is 0 Å². The van der Waals surface area contributed by atoms with Gasteiger partial charge in [-0.05, 0) is 67.9 Å². The van der Waals surface area contributed by atoms with Crippen LogP contribution in [0.5, 0.6) is 0 Å². The van der Waals surface area contributed by atoms with Crippen molar-refractivity contribution in [2.24, 2.45) is 23.2 Å². The summed E-state index contributed by atoms with van der Waals surface area (Å²) in [6, 6.07) is 6.76. The van der Waals surface area contributed by atoms with Crippen molar-refractivity contribution in [2.75, 3.05) is 6.61 Å². The highest BCUT2D eigenvalue weighted by molar-refractivity contribution is 7.86. The van der Waals surface area contributed by atoms with Crippen molar-refractivity contribution >= 4 is 10.1 Å². The molecule has 0 aromatic heterocycles. The summed E-state index contributed by atoms with van der Waals surface area (Å²) in [5, 5.41) is 10.3. The van der Waals surface area contributed by atoms with Crippen molar-refractivity contribution in [3.05, 3.63) is 29.8 Å². The van der Waals surface area contributed by atoms with Gasteiger partial charge in [0.2, 0.25) is 0 Å². The van der Waals surface area contributed by atoms with Crippen molar-refractivity contribution in [1.82, 2.24) is 0 Å². The molecule has 2 saturated carbocycles. The van der Waals surface area contributed by atoms with E-state index in [0.717, 1.165) is 37.7 Å². The zero-order chi connectivity index (χ0) is 18.2. The molecule has 2 aliphatic rings. The van der Waals surface area contributed by atoms with E-state index in [1.54, 1.807) is 24.3 Å². The Bertz CT molecular complexity index is 697. The van der Waals surface area contributed by atoms with E-state index < -0.39 is 10.1 Å². The second-order valence-corrected chi connectivity index (χ2v) is 9.90. The van der Waals surface area contributed by atoms with E-state index in [9.17, 15) is 13.5 Å². The van der Waals surface area contributed by atoms with Gasteiger partial charge in [0.05, 0.1) is 17.6 Å². The third-order valence-electron chi connectivity index (χ3n) is 6.65. The standard InChI is InChI=1S/C20H30O4S/c1-14-6-8-16(9-7-14)25(22,23)24-13-15(2)17-10-11-18-19(21)5-4-12-20(17,18)3/h6-9,15,17-19,21H,4-5,10-13H2,1-3H3/t15-,17+,18+,19?,20+/m0/s1. The van der Waals surface area contributed by atoms with Gasteiger partial charge in [-0.2, -0.15) is 8.42 Å². The van der Waals surface area contributed by atoms with Gasteiger partial charge >= 0.3 is 0 Å². The highest BCUT2D eigenvalue weighted by Gasteiger charge is 2.52. The minimum absolute atomic E-state index is 0.105. The number of fused-ring (bicyclic) bond motifs is 1. The van der Waals surface area contributed by atoms with Crippen LogP contribution in [0.3, 0.4) is 0 Å². The zero-order valence-electron chi connectivity index (χ0n) is 15.4. The van der Waals surface area contributed by atoms with Crippen molar-refractivity contribution in [3.8, 4) is 0 Å². The molecule has 0 amide bonds. The molecule has 5 atom stereocenters. The lowest BCUT2D eigenvalue weighted by Gasteiger charge is -2.45. The molecule has 0 saturated heterocycles. The Morgan fingerprint density at radius 2 is 1.92 bits per heavy atom. The number of benzene rings is 1. The first-order chi connectivity index (χ1) is 11.7. The zero-order valence-corrected chi connectivity index (χ0v) is 16.3. The van der Waals surface area contributed by atoms with E-state index in [2.05, 4.69) is 13.8 Å². The number of hydrogen-bond donors (Lipinski definition) is 1. The second-order valence-electron chi connectivity index (χ2n) is 8.28. The van der Waals surface area contributed by atoms with Crippen LogP contribution in [0.25, 0.3) is 0 Å². The van der Waals surface area contributed by atoms with E-state index in [1.165, 1.54) is 0 Å². The van der Waals surface area contributed by atoms with Crippen LogP contribution in [0, 0.1) is 30.1 Å². The molecule has 0 heterocycles. The van der Waals surface area contributed by atoms with Crippen LogP contribution < -0.4 is 0 Å². The second kappa shape index (κ2) is 7.01. The summed E-state index contributed by atoms with van der Waals surface area (Å²) < 4.78 is 30.2. The van der Waals surface area contributed by atoms with Crippen LogP contribution in [-0.2, 0) is 14.3 Å². The molecule has 1 aromatic rings. The number of hydrogen-bond acceptors (Lipinski definition) is 4. The molecule has 1 unspecified atom stereocenters. The maximum absolute atomic E-state index is 12.4. The summed E-state index contributed by atoms with van der Waals surface area (Å²) in [4.78, 5) is 0.217. The molecule has 0 spiro atoms. The molecule has 5 heteroatoms. The molecule has 1 N–H and O–H groups in total. The summed E-state index contributed by atoms with van der Waals surface area (Å²) in [7, 11) is -3.71. The first-order valence-electron chi connectivity index (χ1n) is 9.38. The molecular formula is C20H30O4S. The molecule has 2 aliphatic carbocycles. The first-order valence-corrected chi connectivity index (χ1v) is 10.8. The Hall–Kier alpha value is -0.910. The van der Waals surface area contributed by atoms with Gasteiger partial charge in [0.1, 0.15) is 0 Å². The van der Waals surface area contributed by atoms with E-state index in [-0.39, 0.29) is 28.9 Å². The van der Waals surface area contributed by atoms with Gasteiger partial charge in [0, 0.05) is 0 Å². The van der Waals surface area contributed by atoms with Crippen molar-refractivity contribution in [3.63, 3.8) is 0 Å². The molecule has 140 valence electrons. The van der Waals surface area contributed by atoms with Crippen molar-refractivity contribution in [2.45, 2.75) is 63.9 Å². The average molecular weight is 367 g/mol. The lowest BCUT2D eigenvalue weighted by atomic mass is 9.62. The predicted octanol–water partition coefficient (Wildman–Crippen LogP) is 3.91. The largest absolute Gasteiger partial charge is 0.393 e. The molecule has 2 fully saturated rings. The molecular weight excluding hydrogens is 336 g/mol. The van der Waals surface area contributed by atoms with E-state index >= 15 is 0 Å². The van der Waals surface area contributed by atoms with Crippen LogP contribution in [0.2, 0.25) is 0 Å². The maximum atomic E-state index is 12.4. The number of aryl methyl sites for hydroxylation is 1. The quantitative estimate of drug-likeness (QED) is 0.803. The van der Waals surface area contributed by atoms with Gasteiger partial charge in [-0.25, -0.2) is 0 Å². The van der Waals surface area contributed by atoms with Crippen LogP contribution in [0.4, 0.5) is 0 Å². The Morgan fingerprint density at radius 3 is 2.60 bits per heavy atom. The summed E-state index contributed by atoms with van der Waals surface area (Å²) in [5.41, 5.74) is 1.13. The lowest BCUT2D eigenvalue weighted by Crippen LogP contribution is -2.42. The highest BCUT2D eigenvalue weighted by Crippen LogP contribution is 2.57. The monoisotopic (exact) mass is 366 g/mol. The fourth-order valence-corrected chi connectivity index (χ4v) is 6.21. The minimum Gasteiger partial charge on any atom is -0.393 e.